The molecule has 0 aliphatic heterocycles. The van der Waals surface area contributed by atoms with E-state index in [1.807, 2.05) is 43.3 Å². The quantitative estimate of drug-likeness (QED) is 0.543. The number of H-pyrrole nitrogens is 1. The van der Waals surface area contributed by atoms with Crippen molar-refractivity contribution in [3.05, 3.63) is 75.7 Å². The molecule has 7 heteroatoms. The molecular formula is C23H22N4O3. The van der Waals surface area contributed by atoms with Gasteiger partial charge in [-0.25, -0.2) is 0 Å². The number of amides is 1. The lowest BCUT2D eigenvalue weighted by Crippen LogP contribution is -2.16. The van der Waals surface area contributed by atoms with Crippen LogP contribution in [0.2, 0.25) is 0 Å². The first-order valence-corrected chi connectivity index (χ1v) is 9.51. The number of carbonyl (C=O) groups is 1. The molecule has 0 saturated carbocycles. The molecule has 0 saturated heterocycles. The highest BCUT2D eigenvalue weighted by Gasteiger charge is 2.17. The molecule has 0 unspecified atom stereocenters. The Bertz CT molecular complexity index is 1330. The minimum Gasteiger partial charge on any atom is -0.496 e. The summed E-state index contributed by atoms with van der Waals surface area (Å²) in [7, 11) is 3.32. The van der Waals surface area contributed by atoms with Crippen molar-refractivity contribution >= 4 is 22.5 Å². The normalized spacial score (nSPS) is 10.9. The van der Waals surface area contributed by atoms with Crippen LogP contribution in [-0.4, -0.2) is 27.8 Å². The van der Waals surface area contributed by atoms with E-state index in [1.165, 1.54) is 4.68 Å². The number of aromatic nitrogens is 3. The molecule has 4 rings (SSSR count). The summed E-state index contributed by atoms with van der Waals surface area (Å²) in [5, 5.41) is 8.30. The number of methoxy groups -OCH3 is 1. The lowest BCUT2D eigenvalue weighted by atomic mass is 10.1. The Balaban J connectivity index is 1.65. The van der Waals surface area contributed by atoms with E-state index in [-0.39, 0.29) is 11.5 Å². The van der Waals surface area contributed by atoms with Gasteiger partial charge in [0.2, 0.25) is 0 Å². The third-order valence-corrected chi connectivity index (χ3v) is 5.33. The van der Waals surface area contributed by atoms with Crippen LogP contribution in [0.4, 0.5) is 5.69 Å². The molecule has 152 valence electrons. The number of benzene rings is 2. The van der Waals surface area contributed by atoms with Gasteiger partial charge in [0.15, 0.2) is 0 Å². The van der Waals surface area contributed by atoms with Crippen LogP contribution in [0.5, 0.6) is 5.75 Å². The third kappa shape index (κ3) is 3.34. The molecule has 1 amide bonds. The topological polar surface area (TPSA) is 89.0 Å². The monoisotopic (exact) mass is 402 g/mol. The zero-order valence-corrected chi connectivity index (χ0v) is 17.2. The molecule has 0 aliphatic rings. The van der Waals surface area contributed by atoms with E-state index in [0.717, 1.165) is 16.5 Å². The van der Waals surface area contributed by atoms with Crippen LogP contribution in [0.1, 0.15) is 21.6 Å². The van der Waals surface area contributed by atoms with Crippen LogP contribution >= 0.6 is 0 Å². The van der Waals surface area contributed by atoms with Crippen molar-refractivity contribution in [2.75, 3.05) is 12.4 Å². The Labute approximate surface area is 173 Å². The minimum atomic E-state index is -0.295. The highest BCUT2D eigenvalue weighted by atomic mass is 16.5. The van der Waals surface area contributed by atoms with E-state index in [1.54, 1.807) is 33.2 Å². The Hall–Kier alpha value is -3.87. The number of nitrogens with zero attached hydrogens (tertiary/aromatic N) is 2. The maximum atomic E-state index is 12.9. The smallest absolute Gasteiger partial charge is 0.273 e. The fourth-order valence-electron chi connectivity index (χ4n) is 3.50. The number of carbonyl (C=O) groups excluding carboxylic acids is 1. The fraction of sp³-hybridized carbons (Fsp3) is 0.174. The van der Waals surface area contributed by atoms with Gasteiger partial charge in [-0.15, -0.1) is 0 Å². The van der Waals surface area contributed by atoms with Crippen LogP contribution in [0, 0.1) is 13.8 Å². The Kier molecular flexibility index (Phi) is 4.87. The van der Waals surface area contributed by atoms with Gasteiger partial charge in [-0.2, -0.15) is 5.10 Å². The van der Waals surface area contributed by atoms with E-state index in [0.29, 0.717) is 33.9 Å². The molecule has 0 bridgehead atoms. The highest BCUT2D eigenvalue weighted by Crippen LogP contribution is 2.29. The van der Waals surface area contributed by atoms with Gasteiger partial charge in [0.25, 0.3) is 11.5 Å². The number of aromatic amines is 1. The maximum Gasteiger partial charge on any atom is 0.273 e. The second kappa shape index (κ2) is 7.51. The number of ether oxygens (including phenoxy) is 1. The van der Waals surface area contributed by atoms with Crippen LogP contribution in [0.25, 0.3) is 22.2 Å². The van der Waals surface area contributed by atoms with Gasteiger partial charge in [-0.3, -0.25) is 14.3 Å². The summed E-state index contributed by atoms with van der Waals surface area (Å²) >= 11 is 0. The number of fused-ring (bicyclic) bond motifs is 1. The van der Waals surface area contributed by atoms with Crippen molar-refractivity contribution in [1.82, 2.24) is 14.8 Å². The number of pyridine rings is 1. The average Bonchev–Trinajstić information content (AvgIpc) is 3.13. The van der Waals surface area contributed by atoms with Gasteiger partial charge in [0.1, 0.15) is 11.4 Å². The lowest BCUT2D eigenvalue weighted by Gasteiger charge is -2.09. The largest absolute Gasteiger partial charge is 0.496 e. The zero-order chi connectivity index (χ0) is 21.4. The summed E-state index contributed by atoms with van der Waals surface area (Å²) in [4.78, 5) is 27.8. The van der Waals surface area contributed by atoms with Crippen LogP contribution in [-0.2, 0) is 7.05 Å². The maximum absolute atomic E-state index is 12.9. The van der Waals surface area contributed by atoms with Gasteiger partial charge >= 0.3 is 0 Å². The molecule has 0 atom stereocenters. The average molecular weight is 402 g/mol. The van der Waals surface area contributed by atoms with Crippen LogP contribution in [0.3, 0.4) is 0 Å². The SMILES string of the molecule is COc1ccccc1-c1cc(C(=O)Nc2ccc3c(C)c(C)c(=O)[nH]c3c2)n(C)n1. The highest BCUT2D eigenvalue weighted by molar-refractivity contribution is 6.04. The molecule has 2 heterocycles. The number of aryl methyl sites for hydroxylation is 2. The second-order valence-corrected chi connectivity index (χ2v) is 7.16. The molecule has 0 fully saturated rings. The van der Waals surface area contributed by atoms with Crippen LogP contribution in [0.15, 0.2) is 53.3 Å². The van der Waals surface area contributed by atoms with Crippen molar-refractivity contribution in [3.8, 4) is 17.0 Å². The van der Waals surface area contributed by atoms with Crippen molar-refractivity contribution in [2.45, 2.75) is 13.8 Å². The summed E-state index contributed by atoms with van der Waals surface area (Å²) in [5.41, 5.74) is 4.63. The zero-order valence-electron chi connectivity index (χ0n) is 17.2. The fourth-order valence-corrected chi connectivity index (χ4v) is 3.50. The Morgan fingerprint density at radius 2 is 1.87 bits per heavy atom. The van der Waals surface area contributed by atoms with Gasteiger partial charge in [0, 0.05) is 29.2 Å². The number of anilines is 1. The Morgan fingerprint density at radius 3 is 2.63 bits per heavy atom. The van der Waals surface area contributed by atoms with Crippen molar-refractivity contribution in [1.29, 1.82) is 0 Å². The standard InChI is InChI=1S/C23H22N4O3/c1-13-14(2)22(28)25-18-11-15(9-10-16(13)18)24-23(29)20-12-19(26-27(20)3)17-7-5-6-8-21(17)30-4/h5-12H,1-4H3,(H,24,29)(H,25,28). The van der Waals surface area contributed by atoms with Gasteiger partial charge < -0.3 is 15.0 Å². The molecule has 0 radical (unpaired) electrons. The predicted molar refractivity (Wildman–Crippen MR) is 117 cm³/mol. The van der Waals surface area contributed by atoms with E-state index < -0.39 is 0 Å². The van der Waals surface area contributed by atoms with Crippen molar-refractivity contribution in [2.24, 2.45) is 7.05 Å². The molecule has 30 heavy (non-hydrogen) atoms. The van der Waals surface area contributed by atoms with Gasteiger partial charge in [-0.1, -0.05) is 18.2 Å². The van der Waals surface area contributed by atoms with Crippen molar-refractivity contribution < 1.29 is 9.53 Å². The number of para-hydroxylation sites is 1. The molecular weight excluding hydrogens is 380 g/mol. The summed E-state index contributed by atoms with van der Waals surface area (Å²) in [6, 6.07) is 14.7. The number of nitrogens with one attached hydrogen (secondary N) is 2. The molecule has 2 aromatic carbocycles. The predicted octanol–water partition coefficient (Wildman–Crippen LogP) is 3.81. The summed E-state index contributed by atoms with van der Waals surface area (Å²) in [6.45, 7) is 3.71. The second-order valence-electron chi connectivity index (χ2n) is 7.16. The minimum absolute atomic E-state index is 0.128. The first-order valence-electron chi connectivity index (χ1n) is 9.51. The lowest BCUT2D eigenvalue weighted by molar-refractivity contribution is 0.101. The molecule has 2 aromatic heterocycles. The number of hydrogen-bond acceptors (Lipinski definition) is 4. The molecule has 0 spiro atoms. The molecule has 0 aliphatic carbocycles. The molecule has 2 N–H and O–H groups in total. The summed E-state index contributed by atoms with van der Waals surface area (Å²) in [5.74, 6) is 0.392. The molecule has 7 nitrogen and oxygen atoms in total. The number of hydrogen-bond donors (Lipinski definition) is 2. The first kappa shape index (κ1) is 19.4. The third-order valence-electron chi connectivity index (χ3n) is 5.33. The molecule has 4 aromatic rings. The Morgan fingerprint density at radius 1 is 1.10 bits per heavy atom. The van der Waals surface area contributed by atoms with E-state index in [4.69, 9.17) is 4.74 Å². The number of rotatable bonds is 4. The van der Waals surface area contributed by atoms with E-state index in [2.05, 4.69) is 15.4 Å². The summed E-state index contributed by atoms with van der Waals surface area (Å²) in [6.07, 6.45) is 0. The van der Waals surface area contributed by atoms with Gasteiger partial charge in [-0.05, 0) is 49.7 Å². The van der Waals surface area contributed by atoms with Crippen LogP contribution < -0.4 is 15.6 Å². The van der Waals surface area contributed by atoms with E-state index >= 15 is 0 Å². The van der Waals surface area contributed by atoms with Crippen molar-refractivity contribution in [3.63, 3.8) is 0 Å². The first-order chi connectivity index (χ1) is 14.4. The summed E-state index contributed by atoms with van der Waals surface area (Å²) < 4.78 is 6.93. The van der Waals surface area contributed by atoms with Gasteiger partial charge in [0.05, 0.1) is 18.3 Å². The van der Waals surface area contributed by atoms with E-state index in [9.17, 15) is 9.59 Å².